The number of rotatable bonds is 2. The fourth-order valence-corrected chi connectivity index (χ4v) is 3.70. The van der Waals surface area contributed by atoms with Crippen LogP contribution < -0.4 is 14.3 Å². The quantitative estimate of drug-likeness (QED) is 0.716. The second-order valence-electron chi connectivity index (χ2n) is 5.23. The molecule has 1 aromatic heterocycles. The summed E-state index contributed by atoms with van der Waals surface area (Å²) in [4.78, 5) is 17.1. The highest BCUT2D eigenvalue weighted by molar-refractivity contribution is 7.16. The van der Waals surface area contributed by atoms with Crippen molar-refractivity contribution in [2.75, 3.05) is 6.79 Å². The highest BCUT2D eigenvalue weighted by atomic mass is 32.1. The monoisotopic (exact) mass is 344 g/mol. The van der Waals surface area contributed by atoms with Crippen molar-refractivity contribution in [3.8, 4) is 11.5 Å². The Bertz CT molecular complexity index is 1010. The van der Waals surface area contributed by atoms with Crippen LogP contribution in [0, 0.1) is 5.82 Å². The first-order valence-electron chi connectivity index (χ1n) is 7.43. The minimum Gasteiger partial charge on any atom is -0.454 e. The smallest absolute Gasteiger partial charge is 0.279 e. The topological polar surface area (TPSA) is 52.8 Å². The average Bonchev–Trinajstić information content (AvgIpc) is 3.16. The summed E-state index contributed by atoms with van der Waals surface area (Å²) in [6.45, 7) is 2.87. The summed E-state index contributed by atoms with van der Waals surface area (Å²) in [6, 6.07) is 9.17. The lowest BCUT2D eigenvalue weighted by Crippen LogP contribution is -2.15. The van der Waals surface area contributed by atoms with Crippen molar-refractivity contribution in [1.29, 1.82) is 0 Å². The number of carbonyl (C=O) groups is 1. The van der Waals surface area contributed by atoms with Crippen molar-refractivity contribution in [3.63, 3.8) is 0 Å². The summed E-state index contributed by atoms with van der Waals surface area (Å²) in [5.41, 5.74) is 1.29. The molecule has 4 rings (SSSR count). The third-order valence-corrected chi connectivity index (χ3v) is 4.82. The highest BCUT2D eigenvalue weighted by Gasteiger charge is 2.17. The third kappa shape index (κ3) is 2.46. The van der Waals surface area contributed by atoms with E-state index in [1.165, 1.54) is 35.6 Å². The number of nitrogens with zero attached hydrogens (tertiary/aromatic N) is 2. The van der Waals surface area contributed by atoms with Gasteiger partial charge in [-0.25, -0.2) is 4.39 Å². The Kier molecular flexibility index (Phi) is 3.57. The first kappa shape index (κ1) is 14.9. The van der Waals surface area contributed by atoms with Crippen molar-refractivity contribution in [3.05, 3.63) is 52.6 Å². The molecule has 1 aliphatic heterocycles. The van der Waals surface area contributed by atoms with Crippen molar-refractivity contribution in [1.82, 2.24) is 4.57 Å². The number of benzene rings is 2. The number of aromatic nitrogens is 1. The number of carbonyl (C=O) groups excluding carboxylic acids is 1. The first-order valence-corrected chi connectivity index (χ1v) is 8.25. The molecule has 0 atom stereocenters. The lowest BCUT2D eigenvalue weighted by Gasteiger charge is -2.01. The molecule has 0 aliphatic carbocycles. The summed E-state index contributed by atoms with van der Waals surface area (Å²) in [5, 5.41) is 0. The molecule has 0 N–H and O–H groups in total. The molecule has 0 saturated carbocycles. The molecule has 2 aromatic carbocycles. The van der Waals surface area contributed by atoms with E-state index in [1.807, 2.05) is 23.6 Å². The molecule has 122 valence electrons. The predicted octanol–water partition coefficient (Wildman–Crippen LogP) is 3.33. The van der Waals surface area contributed by atoms with Crippen molar-refractivity contribution in [2.24, 2.45) is 4.99 Å². The van der Waals surface area contributed by atoms with Crippen LogP contribution in [0.5, 0.6) is 11.5 Å². The van der Waals surface area contributed by atoms with Gasteiger partial charge in [0.2, 0.25) is 6.79 Å². The number of amides is 1. The molecule has 1 aliphatic rings. The molecule has 0 saturated heterocycles. The van der Waals surface area contributed by atoms with Gasteiger partial charge >= 0.3 is 0 Å². The molecule has 1 amide bonds. The predicted molar refractivity (Wildman–Crippen MR) is 87.9 cm³/mol. The summed E-state index contributed by atoms with van der Waals surface area (Å²) in [7, 11) is 0. The average molecular weight is 344 g/mol. The maximum absolute atomic E-state index is 13.0. The molecule has 0 unspecified atom stereocenters. The van der Waals surface area contributed by atoms with Gasteiger partial charge in [0.1, 0.15) is 5.82 Å². The Morgan fingerprint density at radius 1 is 1.25 bits per heavy atom. The van der Waals surface area contributed by atoms with Gasteiger partial charge in [-0.15, -0.1) is 0 Å². The standard InChI is InChI=1S/C17H13FN2O3S/c1-2-20-12-7-13-14(23-9-22-13)8-15(12)24-17(20)19-16(21)10-3-5-11(18)6-4-10/h3-8H,2,9H2,1H3. The van der Waals surface area contributed by atoms with Gasteiger partial charge in [0.25, 0.3) is 5.91 Å². The number of hydrogen-bond donors (Lipinski definition) is 0. The molecule has 0 spiro atoms. The van der Waals surface area contributed by atoms with Gasteiger partial charge in [0.15, 0.2) is 16.3 Å². The second-order valence-corrected chi connectivity index (χ2v) is 6.24. The molecule has 24 heavy (non-hydrogen) atoms. The second kappa shape index (κ2) is 5.76. The zero-order valence-electron chi connectivity index (χ0n) is 12.8. The van der Waals surface area contributed by atoms with Crippen LogP contribution in [-0.4, -0.2) is 17.3 Å². The van der Waals surface area contributed by atoms with Crippen LogP contribution in [0.2, 0.25) is 0 Å². The number of aryl methyl sites for hydroxylation is 1. The van der Waals surface area contributed by atoms with E-state index >= 15 is 0 Å². The van der Waals surface area contributed by atoms with E-state index in [9.17, 15) is 9.18 Å². The minimum atomic E-state index is -0.399. The van der Waals surface area contributed by atoms with Crippen LogP contribution in [0.25, 0.3) is 10.2 Å². The number of hydrogen-bond acceptors (Lipinski definition) is 4. The summed E-state index contributed by atoms with van der Waals surface area (Å²) < 4.78 is 26.7. The van der Waals surface area contributed by atoms with Gasteiger partial charge in [-0.05, 0) is 31.2 Å². The lowest BCUT2D eigenvalue weighted by molar-refractivity contribution is 0.0998. The molecular formula is C17H13FN2O3S. The third-order valence-electron chi connectivity index (χ3n) is 3.78. The number of fused-ring (bicyclic) bond motifs is 2. The molecule has 0 radical (unpaired) electrons. The van der Waals surface area contributed by atoms with E-state index in [0.29, 0.717) is 28.4 Å². The fourth-order valence-electron chi connectivity index (χ4n) is 2.59. The van der Waals surface area contributed by atoms with Crippen LogP contribution in [0.1, 0.15) is 17.3 Å². The van der Waals surface area contributed by atoms with Crippen molar-refractivity contribution >= 4 is 27.5 Å². The highest BCUT2D eigenvalue weighted by Crippen LogP contribution is 2.36. The van der Waals surface area contributed by atoms with Gasteiger partial charge < -0.3 is 14.0 Å². The number of halogens is 1. The first-order chi connectivity index (χ1) is 11.7. The molecule has 7 heteroatoms. The minimum absolute atomic E-state index is 0.221. The molecule has 0 bridgehead atoms. The lowest BCUT2D eigenvalue weighted by atomic mass is 10.2. The van der Waals surface area contributed by atoms with Gasteiger partial charge in [-0.1, -0.05) is 11.3 Å². The maximum Gasteiger partial charge on any atom is 0.279 e. The Balaban J connectivity index is 1.83. The maximum atomic E-state index is 13.0. The Labute approximate surface area is 140 Å². The number of thiazole rings is 1. The van der Waals surface area contributed by atoms with Crippen molar-refractivity contribution < 1.29 is 18.7 Å². The van der Waals surface area contributed by atoms with Gasteiger partial charge in [0.05, 0.1) is 10.2 Å². The summed E-state index contributed by atoms with van der Waals surface area (Å²) in [5.74, 6) is 0.609. The van der Waals surface area contributed by atoms with Gasteiger partial charge in [0, 0.05) is 24.2 Å². The zero-order chi connectivity index (χ0) is 16.7. The van der Waals surface area contributed by atoms with E-state index < -0.39 is 5.91 Å². The van der Waals surface area contributed by atoms with Crippen LogP contribution in [0.3, 0.4) is 0 Å². The largest absolute Gasteiger partial charge is 0.454 e. The summed E-state index contributed by atoms with van der Waals surface area (Å²) >= 11 is 1.41. The van der Waals surface area contributed by atoms with E-state index in [4.69, 9.17) is 9.47 Å². The zero-order valence-corrected chi connectivity index (χ0v) is 13.6. The van der Waals surface area contributed by atoms with Crippen LogP contribution in [-0.2, 0) is 6.54 Å². The van der Waals surface area contributed by atoms with E-state index in [2.05, 4.69) is 4.99 Å². The van der Waals surface area contributed by atoms with E-state index in [-0.39, 0.29) is 12.6 Å². The normalized spacial score (nSPS) is 13.7. The van der Waals surface area contributed by atoms with Gasteiger partial charge in [-0.3, -0.25) is 4.79 Å². The Hall–Kier alpha value is -2.67. The van der Waals surface area contributed by atoms with Crippen LogP contribution in [0.4, 0.5) is 4.39 Å². The molecule has 3 aromatic rings. The van der Waals surface area contributed by atoms with Gasteiger partial charge in [-0.2, -0.15) is 4.99 Å². The number of ether oxygens (including phenoxy) is 2. The van der Waals surface area contributed by atoms with Crippen molar-refractivity contribution in [2.45, 2.75) is 13.5 Å². The molecular weight excluding hydrogens is 331 g/mol. The van der Waals surface area contributed by atoms with Crippen LogP contribution >= 0.6 is 11.3 Å². The SMILES string of the molecule is CCn1c(=NC(=O)c2ccc(F)cc2)sc2cc3c(cc21)OCO3. The summed E-state index contributed by atoms with van der Waals surface area (Å²) in [6.07, 6.45) is 0. The Morgan fingerprint density at radius 2 is 1.96 bits per heavy atom. The molecule has 2 heterocycles. The Morgan fingerprint density at radius 3 is 2.67 bits per heavy atom. The van der Waals surface area contributed by atoms with Crippen LogP contribution in [0.15, 0.2) is 41.4 Å². The fraction of sp³-hybridized carbons (Fsp3) is 0.176. The molecule has 5 nitrogen and oxygen atoms in total. The van der Waals surface area contributed by atoms with E-state index in [0.717, 1.165) is 10.2 Å². The molecule has 0 fully saturated rings. The van der Waals surface area contributed by atoms with E-state index in [1.54, 1.807) is 0 Å².